The van der Waals surface area contributed by atoms with Gasteiger partial charge in [-0.15, -0.1) is 0 Å². The van der Waals surface area contributed by atoms with E-state index in [2.05, 4.69) is 22.8 Å². The molecule has 31 heavy (non-hydrogen) atoms. The summed E-state index contributed by atoms with van der Waals surface area (Å²) in [5.41, 5.74) is 1.95. The monoisotopic (exact) mass is 415 g/mol. The van der Waals surface area contributed by atoms with E-state index in [1.807, 2.05) is 48.5 Å². The van der Waals surface area contributed by atoms with Gasteiger partial charge in [-0.1, -0.05) is 60.7 Å². The van der Waals surface area contributed by atoms with Crippen LogP contribution in [0.5, 0.6) is 0 Å². The summed E-state index contributed by atoms with van der Waals surface area (Å²) in [4.78, 5) is 38.2. The molecule has 6 heteroatoms. The highest BCUT2D eigenvalue weighted by Gasteiger charge is 2.33. The average Bonchev–Trinajstić information content (AvgIpc) is 2.78. The molecule has 1 unspecified atom stereocenters. The van der Waals surface area contributed by atoms with Crippen LogP contribution in [0.15, 0.2) is 77.7 Å². The predicted octanol–water partition coefficient (Wildman–Crippen LogP) is 2.93. The van der Waals surface area contributed by atoms with Crippen molar-refractivity contribution >= 4 is 11.8 Å². The Balaban J connectivity index is 1.61. The van der Waals surface area contributed by atoms with Crippen molar-refractivity contribution in [1.82, 2.24) is 15.2 Å². The normalized spacial score (nSPS) is 17.5. The second-order valence-corrected chi connectivity index (χ2v) is 7.81. The van der Waals surface area contributed by atoms with Crippen LogP contribution in [0.3, 0.4) is 0 Å². The number of nitrogens with one attached hydrogen (secondary N) is 2. The number of hydrogen-bond donors (Lipinski definition) is 2. The molecule has 0 aliphatic heterocycles. The van der Waals surface area contributed by atoms with Crippen LogP contribution in [-0.2, 0) is 6.54 Å². The molecule has 1 heterocycles. The molecule has 4 rings (SSSR count). The predicted molar refractivity (Wildman–Crippen MR) is 119 cm³/mol. The molecule has 2 amide bonds. The third-order valence-electron chi connectivity index (χ3n) is 5.83. The molecule has 3 aromatic rings. The lowest BCUT2D eigenvalue weighted by Gasteiger charge is -2.37. The number of pyridine rings is 1. The zero-order chi connectivity index (χ0) is 21.8. The Morgan fingerprint density at radius 1 is 0.968 bits per heavy atom. The van der Waals surface area contributed by atoms with Crippen molar-refractivity contribution in [2.75, 3.05) is 7.05 Å². The first kappa shape index (κ1) is 20.6. The zero-order valence-electron chi connectivity index (χ0n) is 17.4. The summed E-state index contributed by atoms with van der Waals surface area (Å²) in [6.07, 6.45) is 3.45. The number of hydrogen-bond acceptors (Lipinski definition) is 3. The quantitative estimate of drug-likeness (QED) is 0.650. The molecule has 1 aromatic heterocycles. The molecule has 2 aromatic carbocycles. The molecule has 0 spiro atoms. The molecule has 1 aliphatic rings. The number of nitrogens with zero attached hydrogens (tertiary/aromatic N) is 1. The molecule has 1 aliphatic carbocycles. The van der Waals surface area contributed by atoms with Crippen LogP contribution >= 0.6 is 0 Å². The van der Waals surface area contributed by atoms with E-state index < -0.39 is 11.5 Å². The van der Waals surface area contributed by atoms with Gasteiger partial charge in [0, 0.05) is 25.2 Å². The van der Waals surface area contributed by atoms with Gasteiger partial charge in [-0.2, -0.15) is 0 Å². The molecule has 1 fully saturated rings. The Morgan fingerprint density at radius 2 is 1.65 bits per heavy atom. The number of carbonyl (C=O) groups is 2. The van der Waals surface area contributed by atoms with E-state index in [1.54, 1.807) is 0 Å². The minimum Gasteiger partial charge on any atom is -0.355 e. The van der Waals surface area contributed by atoms with E-state index in [9.17, 15) is 14.4 Å². The van der Waals surface area contributed by atoms with Crippen molar-refractivity contribution in [3.63, 3.8) is 0 Å². The van der Waals surface area contributed by atoms with Gasteiger partial charge >= 0.3 is 0 Å². The van der Waals surface area contributed by atoms with Gasteiger partial charge in [0.1, 0.15) is 5.56 Å². The lowest BCUT2D eigenvalue weighted by atomic mass is 9.75. The van der Waals surface area contributed by atoms with Gasteiger partial charge < -0.3 is 15.2 Å². The number of rotatable bonds is 6. The van der Waals surface area contributed by atoms with Crippen molar-refractivity contribution in [2.24, 2.45) is 0 Å². The maximum absolute atomic E-state index is 13.0. The Labute approximate surface area is 180 Å². The average molecular weight is 415 g/mol. The summed E-state index contributed by atoms with van der Waals surface area (Å²) in [6.45, 7) is 0.279. The van der Waals surface area contributed by atoms with Gasteiger partial charge in [-0.05, 0) is 30.0 Å². The van der Waals surface area contributed by atoms with Crippen LogP contribution < -0.4 is 16.2 Å². The van der Waals surface area contributed by atoms with Crippen LogP contribution in [0, 0.1) is 0 Å². The highest BCUT2D eigenvalue weighted by Crippen LogP contribution is 2.36. The second-order valence-electron chi connectivity index (χ2n) is 7.81. The van der Waals surface area contributed by atoms with Crippen LogP contribution in [0.1, 0.15) is 50.6 Å². The van der Waals surface area contributed by atoms with E-state index in [0.29, 0.717) is 5.56 Å². The highest BCUT2D eigenvalue weighted by atomic mass is 16.2. The Kier molecular flexibility index (Phi) is 5.98. The lowest BCUT2D eigenvalue weighted by Crippen LogP contribution is -2.45. The fourth-order valence-electron chi connectivity index (χ4n) is 3.98. The number of amides is 2. The van der Waals surface area contributed by atoms with Crippen LogP contribution in [0.25, 0.3) is 0 Å². The largest absolute Gasteiger partial charge is 0.355 e. The van der Waals surface area contributed by atoms with Crippen LogP contribution in [0.4, 0.5) is 0 Å². The standard InChI is InChI=1S/C25H25N3O3/c1-26-24(30)21-14-19(16-28(25(21)31)15-17-8-4-2-5-9-17)23(29)27-22-13-12-20(22)18-10-6-3-7-11-18/h2-11,14,16,20,22H,12-13,15H2,1H3,(H,26,30)(H,27,29)/t20-,22?/m1/s1. The first-order valence-electron chi connectivity index (χ1n) is 10.4. The Hall–Kier alpha value is -3.67. The second kappa shape index (κ2) is 9.00. The molecule has 6 nitrogen and oxygen atoms in total. The smallest absolute Gasteiger partial charge is 0.263 e. The molecule has 0 bridgehead atoms. The molecule has 2 atom stereocenters. The first-order valence-corrected chi connectivity index (χ1v) is 10.4. The van der Waals surface area contributed by atoms with E-state index in [4.69, 9.17) is 0 Å². The fourth-order valence-corrected chi connectivity index (χ4v) is 3.98. The zero-order valence-corrected chi connectivity index (χ0v) is 17.4. The highest BCUT2D eigenvalue weighted by molar-refractivity contribution is 5.99. The van der Waals surface area contributed by atoms with Crippen LogP contribution in [-0.4, -0.2) is 29.5 Å². The van der Waals surface area contributed by atoms with Gasteiger partial charge in [-0.25, -0.2) is 0 Å². The van der Waals surface area contributed by atoms with Crippen molar-refractivity contribution in [2.45, 2.75) is 31.3 Å². The maximum Gasteiger partial charge on any atom is 0.263 e. The minimum atomic E-state index is -0.507. The fraction of sp³-hybridized carbons (Fsp3) is 0.240. The van der Waals surface area contributed by atoms with Gasteiger partial charge in [-0.3, -0.25) is 14.4 Å². The van der Waals surface area contributed by atoms with E-state index in [-0.39, 0.29) is 30.0 Å². The summed E-state index contributed by atoms with van der Waals surface area (Å²) >= 11 is 0. The van der Waals surface area contributed by atoms with E-state index >= 15 is 0 Å². The molecular formula is C25H25N3O3. The number of benzene rings is 2. The van der Waals surface area contributed by atoms with E-state index in [1.165, 1.54) is 29.4 Å². The third kappa shape index (κ3) is 4.43. The Bertz CT molecular complexity index is 1140. The molecule has 2 N–H and O–H groups in total. The van der Waals surface area contributed by atoms with Crippen molar-refractivity contribution < 1.29 is 9.59 Å². The SMILES string of the molecule is CNC(=O)c1cc(C(=O)NC2CC[C@@H]2c2ccccc2)cn(Cc2ccccc2)c1=O. The van der Waals surface area contributed by atoms with Gasteiger partial charge in [0.25, 0.3) is 17.4 Å². The lowest BCUT2D eigenvalue weighted by molar-refractivity contribution is 0.0904. The van der Waals surface area contributed by atoms with Crippen molar-refractivity contribution in [3.05, 3.63) is 106 Å². The van der Waals surface area contributed by atoms with Gasteiger partial charge in [0.15, 0.2) is 0 Å². The van der Waals surface area contributed by atoms with Crippen LogP contribution in [0.2, 0.25) is 0 Å². The molecule has 0 saturated heterocycles. The number of carbonyl (C=O) groups excluding carboxylic acids is 2. The summed E-state index contributed by atoms with van der Waals surface area (Å²) in [7, 11) is 1.47. The maximum atomic E-state index is 13.0. The van der Waals surface area contributed by atoms with Crippen molar-refractivity contribution in [3.8, 4) is 0 Å². The Morgan fingerprint density at radius 3 is 2.26 bits per heavy atom. The third-order valence-corrected chi connectivity index (χ3v) is 5.83. The van der Waals surface area contributed by atoms with Crippen molar-refractivity contribution in [1.29, 1.82) is 0 Å². The molecule has 1 saturated carbocycles. The first-order chi connectivity index (χ1) is 15.1. The minimum absolute atomic E-state index is 0.0350. The number of aromatic nitrogens is 1. The van der Waals surface area contributed by atoms with E-state index in [0.717, 1.165) is 18.4 Å². The summed E-state index contributed by atoms with van der Waals surface area (Å²) in [5.74, 6) is -0.511. The summed E-state index contributed by atoms with van der Waals surface area (Å²) in [5, 5.41) is 5.58. The summed E-state index contributed by atoms with van der Waals surface area (Å²) < 4.78 is 1.42. The molecule has 158 valence electrons. The van der Waals surface area contributed by atoms with Gasteiger partial charge in [0.05, 0.1) is 12.1 Å². The molecular weight excluding hydrogens is 390 g/mol. The molecule has 0 radical (unpaired) electrons. The topological polar surface area (TPSA) is 80.2 Å². The summed E-state index contributed by atoms with van der Waals surface area (Å²) in [6, 6.07) is 21.0. The van der Waals surface area contributed by atoms with Gasteiger partial charge in [0.2, 0.25) is 0 Å².